The predicted octanol–water partition coefficient (Wildman–Crippen LogP) is -0.822. The third kappa shape index (κ3) is 2.85. The quantitative estimate of drug-likeness (QED) is 0.469. The van der Waals surface area contributed by atoms with Crippen LogP contribution in [0.4, 0.5) is 4.39 Å². The first-order valence-electron chi connectivity index (χ1n) is 6.58. The largest absolute Gasteiger partial charge is 0.491 e. The van der Waals surface area contributed by atoms with Gasteiger partial charge in [-0.2, -0.15) is 5.10 Å². The van der Waals surface area contributed by atoms with Crippen molar-refractivity contribution in [1.29, 1.82) is 0 Å². The van der Waals surface area contributed by atoms with Gasteiger partial charge in [-0.15, -0.1) is 0 Å². The summed E-state index contributed by atoms with van der Waals surface area (Å²) >= 11 is 6.24. The van der Waals surface area contributed by atoms with Gasteiger partial charge in [0.1, 0.15) is 11.0 Å². The molecule has 6 nitrogen and oxygen atoms in total. The molecule has 3 rings (SSSR count). The first-order valence-corrected chi connectivity index (χ1v) is 6.96. The van der Waals surface area contributed by atoms with Crippen molar-refractivity contribution in [3.63, 3.8) is 0 Å². The highest BCUT2D eigenvalue weighted by Gasteiger charge is 2.21. The van der Waals surface area contributed by atoms with Crippen LogP contribution in [0.2, 0.25) is 5.15 Å². The smallest absolute Gasteiger partial charge is 0.423 e. The SMILES string of the molecule is OB(O)c1ccc(-n2nc3cc(F)c(B(O)O)cc3c2Cl)cc1. The van der Waals surface area contributed by atoms with Crippen LogP contribution in [0.25, 0.3) is 16.6 Å². The van der Waals surface area contributed by atoms with Crippen LogP contribution in [0, 0.1) is 5.82 Å². The number of halogens is 2. The van der Waals surface area contributed by atoms with Gasteiger partial charge in [0.05, 0.1) is 11.2 Å². The highest BCUT2D eigenvalue weighted by atomic mass is 35.5. The number of hydrogen-bond acceptors (Lipinski definition) is 5. The molecule has 0 amide bonds. The molecule has 1 aromatic heterocycles. The molecule has 0 aliphatic heterocycles. The van der Waals surface area contributed by atoms with Gasteiger partial charge in [0.15, 0.2) is 0 Å². The summed E-state index contributed by atoms with van der Waals surface area (Å²) in [6, 6.07) is 8.43. The minimum Gasteiger partial charge on any atom is -0.423 e. The Morgan fingerprint density at radius 2 is 1.65 bits per heavy atom. The fourth-order valence-electron chi connectivity index (χ4n) is 2.25. The van der Waals surface area contributed by atoms with Crippen LogP contribution >= 0.6 is 11.6 Å². The van der Waals surface area contributed by atoms with Gasteiger partial charge in [-0.1, -0.05) is 23.7 Å². The first kappa shape index (κ1) is 16.0. The minimum atomic E-state index is -1.95. The van der Waals surface area contributed by atoms with Crippen LogP contribution < -0.4 is 10.9 Å². The van der Waals surface area contributed by atoms with Crippen molar-refractivity contribution in [3.8, 4) is 5.69 Å². The number of fused-ring (bicyclic) bond motifs is 1. The molecule has 0 fully saturated rings. The zero-order valence-electron chi connectivity index (χ0n) is 11.6. The Bertz CT molecular complexity index is 871. The van der Waals surface area contributed by atoms with Crippen LogP contribution in [0.5, 0.6) is 0 Å². The van der Waals surface area contributed by atoms with Crippen LogP contribution in [0.1, 0.15) is 0 Å². The van der Waals surface area contributed by atoms with Crippen molar-refractivity contribution < 1.29 is 24.5 Å². The summed E-state index contributed by atoms with van der Waals surface area (Å²) in [5.74, 6) is -0.799. The van der Waals surface area contributed by atoms with E-state index < -0.39 is 20.1 Å². The van der Waals surface area contributed by atoms with E-state index in [1.165, 1.54) is 22.9 Å². The molecule has 0 bridgehead atoms. The van der Waals surface area contributed by atoms with E-state index in [2.05, 4.69) is 5.10 Å². The zero-order valence-corrected chi connectivity index (χ0v) is 12.3. The highest BCUT2D eigenvalue weighted by Crippen LogP contribution is 2.26. The third-order valence-corrected chi connectivity index (χ3v) is 3.81. The fraction of sp³-hybridized carbons (Fsp3) is 0. The monoisotopic (exact) mass is 334 g/mol. The molecule has 0 saturated heterocycles. The molecule has 116 valence electrons. The van der Waals surface area contributed by atoms with Crippen molar-refractivity contribution >= 4 is 47.7 Å². The van der Waals surface area contributed by atoms with Gasteiger partial charge in [-0.25, -0.2) is 9.07 Å². The third-order valence-electron chi connectivity index (χ3n) is 3.44. The Hall–Kier alpha value is -1.90. The summed E-state index contributed by atoms with van der Waals surface area (Å²) in [6.07, 6.45) is 0. The summed E-state index contributed by atoms with van der Waals surface area (Å²) in [6.45, 7) is 0. The topological polar surface area (TPSA) is 98.7 Å². The molecular formula is C13H10B2ClFN2O4. The molecule has 0 aliphatic carbocycles. The Morgan fingerprint density at radius 1 is 1.00 bits per heavy atom. The Balaban J connectivity index is 2.13. The second-order valence-corrected chi connectivity index (χ2v) is 5.29. The Kier molecular flexibility index (Phi) is 4.13. The van der Waals surface area contributed by atoms with E-state index in [4.69, 9.17) is 31.7 Å². The van der Waals surface area contributed by atoms with Gasteiger partial charge in [-0.05, 0) is 23.7 Å². The van der Waals surface area contributed by atoms with E-state index in [1.807, 2.05) is 0 Å². The molecule has 4 N–H and O–H groups in total. The number of hydrogen-bond donors (Lipinski definition) is 4. The van der Waals surface area contributed by atoms with E-state index in [0.717, 1.165) is 6.07 Å². The number of aromatic nitrogens is 2. The van der Waals surface area contributed by atoms with Crippen LogP contribution in [-0.4, -0.2) is 44.1 Å². The van der Waals surface area contributed by atoms with E-state index in [0.29, 0.717) is 16.5 Å². The van der Waals surface area contributed by atoms with Gasteiger partial charge >= 0.3 is 14.2 Å². The molecule has 0 saturated carbocycles. The molecule has 0 spiro atoms. The lowest BCUT2D eigenvalue weighted by Gasteiger charge is -2.04. The molecule has 2 aromatic carbocycles. The van der Waals surface area contributed by atoms with Gasteiger partial charge in [-0.3, -0.25) is 0 Å². The predicted molar refractivity (Wildman–Crippen MR) is 85.7 cm³/mol. The van der Waals surface area contributed by atoms with Crippen LogP contribution in [-0.2, 0) is 0 Å². The maximum absolute atomic E-state index is 13.8. The number of nitrogens with zero attached hydrogens (tertiary/aromatic N) is 2. The first-order chi connectivity index (χ1) is 10.9. The summed E-state index contributed by atoms with van der Waals surface area (Å²) in [7, 11) is -3.54. The van der Waals surface area contributed by atoms with Gasteiger partial charge in [0.25, 0.3) is 0 Å². The normalized spacial score (nSPS) is 11.0. The Labute approximate surface area is 135 Å². The molecule has 0 radical (unpaired) electrons. The lowest BCUT2D eigenvalue weighted by molar-refractivity contribution is 0.422. The number of benzene rings is 2. The lowest BCUT2D eigenvalue weighted by Crippen LogP contribution is -2.32. The van der Waals surface area contributed by atoms with E-state index >= 15 is 0 Å². The Morgan fingerprint density at radius 3 is 2.22 bits per heavy atom. The molecular weight excluding hydrogens is 324 g/mol. The second kappa shape index (κ2) is 5.95. The highest BCUT2D eigenvalue weighted by molar-refractivity contribution is 6.59. The maximum atomic E-state index is 13.8. The molecule has 0 atom stereocenters. The molecule has 23 heavy (non-hydrogen) atoms. The summed E-state index contributed by atoms with van der Waals surface area (Å²) in [5, 5.41) is 41.2. The summed E-state index contributed by atoms with van der Waals surface area (Å²) < 4.78 is 15.1. The minimum absolute atomic E-state index is 0.166. The van der Waals surface area contributed by atoms with Crippen molar-refractivity contribution in [2.75, 3.05) is 0 Å². The summed E-state index contributed by atoms with van der Waals surface area (Å²) in [5.41, 5.74) is 0.793. The standard InChI is InChI=1S/C13H10B2ClFN2O4/c16-13-9-5-10(15(22)23)11(17)6-12(9)18-19(13)8-3-1-7(2-4-8)14(20)21/h1-6,20-23H. The van der Waals surface area contributed by atoms with Crippen LogP contribution in [0.3, 0.4) is 0 Å². The molecule has 0 aliphatic rings. The molecule has 1 heterocycles. The van der Waals surface area contributed by atoms with Crippen molar-refractivity contribution in [3.05, 3.63) is 47.4 Å². The fourth-order valence-corrected chi connectivity index (χ4v) is 2.54. The molecule has 3 aromatic rings. The van der Waals surface area contributed by atoms with Crippen molar-refractivity contribution in [2.24, 2.45) is 0 Å². The van der Waals surface area contributed by atoms with E-state index in [1.54, 1.807) is 12.1 Å². The molecule has 0 unspecified atom stereocenters. The molecule has 10 heteroatoms. The lowest BCUT2D eigenvalue weighted by atomic mass is 9.79. The van der Waals surface area contributed by atoms with Crippen LogP contribution in [0.15, 0.2) is 36.4 Å². The van der Waals surface area contributed by atoms with E-state index in [9.17, 15) is 4.39 Å². The van der Waals surface area contributed by atoms with Gasteiger partial charge in [0, 0.05) is 16.9 Å². The van der Waals surface area contributed by atoms with Gasteiger partial charge < -0.3 is 20.1 Å². The number of rotatable bonds is 3. The van der Waals surface area contributed by atoms with Gasteiger partial charge in [0.2, 0.25) is 0 Å². The average Bonchev–Trinajstić information content (AvgIpc) is 2.82. The average molecular weight is 334 g/mol. The second-order valence-electron chi connectivity index (χ2n) is 4.93. The van der Waals surface area contributed by atoms with Crippen molar-refractivity contribution in [1.82, 2.24) is 9.78 Å². The maximum Gasteiger partial charge on any atom is 0.491 e. The summed E-state index contributed by atoms with van der Waals surface area (Å²) in [4.78, 5) is 0. The van der Waals surface area contributed by atoms with E-state index in [-0.39, 0.29) is 16.1 Å². The zero-order chi connectivity index (χ0) is 16.7. The van der Waals surface area contributed by atoms with Crippen molar-refractivity contribution in [2.45, 2.75) is 0 Å².